The summed E-state index contributed by atoms with van der Waals surface area (Å²) in [6, 6.07) is 11.5. The van der Waals surface area contributed by atoms with Crippen molar-refractivity contribution in [3.63, 3.8) is 0 Å². The molecule has 0 unspecified atom stereocenters. The fraction of sp³-hybridized carbons (Fsp3) is 0.360. The van der Waals surface area contributed by atoms with Crippen molar-refractivity contribution in [3.8, 4) is 11.1 Å². The van der Waals surface area contributed by atoms with Gasteiger partial charge in [-0.25, -0.2) is 17.6 Å². The van der Waals surface area contributed by atoms with Crippen LogP contribution in [0.2, 0.25) is 0 Å². The van der Waals surface area contributed by atoms with Gasteiger partial charge in [-0.05, 0) is 77.8 Å². The lowest BCUT2D eigenvalue weighted by atomic mass is 9.77. The molecule has 0 nitrogen and oxygen atoms in total. The lowest BCUT2D eigenvalue weighted by Gasteiger charge is -2.28. The summed E-state index contributed by atoms with van der Waals surface area (Å²) in [6.45, 7) is 2.24. The van der Waals surface area contributed by atoms with Crippen LogP contribution in [0, 0.1) is 29.2 Å². The summed E-state index contributed by atoms with van der Waals surface area (Å²) in [7, 11) is 0. The molecule has 1 aliphatic rings. The maximum atomic E-state index is 14.4. The molecule has 1 aliphatic carbocycles. The van der Waals surface area contributed by atoms with E-state index in [9.17, 15) is 17.6 Å². The highest BCUT2D eigenvalue weighted by Gasteiger charge is 2.22. The molecule has 0 spiro atoms. The molecule has 1 saturated carbocycles. The fourth-order valence-corrected chi connectivity index (χ4v) is 4.69. The van der Waals surface area contributed by atoms with Crippen LogP contribution in [0.25, 0.3) is 21.9 Å². The first-order valence-electron chi connectivity index (χ1n) is 10.3. The molecule has 4 heteroatoms. The minimum Gasteiger partial charge on any atom is -0.206 e. The Morgan fingerprint density at radius 3 is 2.10 bits per heavy atom. The van der Waals surface area contributed by atoms with Gasteiger partial charge in [0.2, 0.25) is 0 Å². The van der Waals surface area contributed by atoms with Crippen LogP contribution in [0.5, 0.6) is 0 Å². The molecule has 0 heterocycles. The second kappa shape index (κ2) is 8.17. The molecule has 0 aliphatic heterocycles. The van der Waals surface area contributed by atoms with Crippen LogP contribution in [-0.4, -0.2) is 0 Å². The molecular formula is C25H24F4. The summed E-state index contributed by atoms with van der Waals surface area (Å²) < 4.78 is 55.4. The Morgan fingerprint density at radius 2 is 1.45 bits per heavy atom. The number of hydrogen-bond acceptors (Lipinski definition) is 0. The van der Waals surface area contributed by atoms with Crippen LogP contribution < -0.4 is 0 Å². The Hall–Kier alpha value is -2.36. The van der Waals surface area contributed by atoms with E-state index in [-0.39, 0.29) is 5.39 Å². The first kappa shape index (κ1) is 19.9. The molecule has 152 valence electrons. The van der Waals surface area contributed by atoms with Crippen molar-refractivity contribution in [3.05, 3.63) is 71.3 Å². The summed E-state index contributed by atoms with van der Waals surface area (Å²) in [4.78, 5) is 0. The number of fused-ring (bicyclic) bond motifs is 1. The van der Waals surface area contributed by atoms with Gasteiger partial charge in [0.1, 0.15) is 5.82 Å². The van der Waals surface area contributed by atoms with E-state index in [1.807, 2.05) is 12.1 Å². The molecule has 3 aromatic rings. The van der Waals surface area contributed by atoms with Crippen LogP contribution in [0.1, 0.15) is 56.9 Å². The first-order valence-corrected chi connectivity index (χ1v) is 10.3. The molecule has 0 N–H and O–H groups in total. The smallest absolute Gasteiger partial charge is 0.195 e. The highest BCUT2D eigenvalue weighted by atomic mass is 19.2. The lowest BCUT2D eigenvalue weighted by molar-refractivity contribution is 0.308. The van der Waals surface area contributed by atoms with E-state index in [4.69, 9.17) is 0 Å². The predicted octanol–water partition coefficient (Wildman–Crippen LogP) is 8.14. The zero-order chi connectivity index (χ0) is 20.5. The third kappa shape index (κ3) is 3.90. The van der Waals surface area contributed by atoms with E-state index in [1.165, 1.54) is 56.2 Å². The number of halogens is 4. The normalized spacial score (nSPS) is 19.6. The zero-order valence-electron chi connectivity index (χ0n) is 16.5. The van der Waals surface area contributed by atoms with Crippen LogP contribution >= 0.6 is 0 Å². The first-order chi connectivity index (χ1) is 14.0. The molecule has 29 heavy (non-hydrogen) atoms. The summed E-state index contributed by atoms with van der Waals surface area (Å²) in [5.74, 6) is -3.95. The Kier molecular flexibility index (Phi) is 5.62. The van der Waals surface area contributed by atoms with Crippen molar-refractivity contribution in [1.29, 1.82) is 0 Å². The lowest BCUT2D eigenvalue weighted by Crippen LogP contribution is -2.13. The summed E-state index contributed by atoms with van der Waals surface area (Å²) >= 11 is 0. The van der Waals surface area contributed by atoms with Crippen molar-refractivity contribution in [1.82, 2.24) is 0 Å². The van der Waals surface area contributed by atoms with Gasteiger partial charge in [0.05, 0.1) is 5.39 Å². The maximum Gasteiger partial charge on any atom is 0.195 e. The van der Waals surface area contributed by atoms with Gasteiger partial charge in [-0.3, -0.25) is 0 Å². The minimum atomic E-state index is -1.65. The van der Waals surface area contributed by atoms with E-state index in [2.05, 4.69) is 19.1 Å². The molecule has 1 fully saturated rings. The topological polar surface area (TPSA) is 0 Å². The van der Waals surface area contributed by atoms with Gasteiger partial charge in [0.25, 0.3) is 0 Å². The molecule has 0 radical (unpaired) electrons. The molecule has 0 saturated heterocycles. The molecule has 0 atom stereocenters. The van der Waals surface area contributed by atoms with Gasteiger partial charge in [0.15, 0.2) is 17.5 Å². The van der Waals surface area contributed by atoms with Crippen molar-refractivity contribution < 1.29 is 17.6 Å². The SMILES string of the molecule is CCC[C@H]1CC[C@H](c2ccc(-c3cc(F)c4c(F)c(F)c(F)cc4c3)cc2)CC1. The van der Waals surface area contributed by atoms with Crippen molar-refractivity contribution in [2.24, 2.45) is 5.92 Å². The third-order valence-electron chi connectivity index (χ3n) is 6.28. The molecule has 0 aromatic heterocycles. The Morgan fingerprint density at radius 1 is 0.759 bits per heavy atom. The van der Waals surface area contributed by atoms with Gasteiger partial charge in [-0.2, -0.15) is 0 Å². The second-order valence-corrected chi connectivity index (χ2v) is 8.17. The third-order valence-corrected chi connectivity index (χ3v) is 6.28. The van der Waals surface area contributed by atoms with E-state index in [0.29, 0.717) is 11.5 Å². The van der Waals surface area contributed by atoms with Gasteiger partial charge in [0, 0.05) is 0 Å². The van der Waals surface area contributed by atoms with E-state index < -0.39 is 28.7 Å². The van der Waals surface area contributed by atoms with Gasteiger partial charge < -0.3 is 0 Å². The maximum absolute atomic E-state index is 14.4. The molecule has 4 rings (SSSR count). The highest BCUT2D eigenvalue weighted by molar-refractivity contribution is 5.88. The number of benzene rings is 3. The van der Waals surface area contributed by atoms with Crippen LogP contribution in [-0.2, 0) is 0 Å². The summed E-state index contributed by atoms with van der Waals surface area (Å²) in [5.41, 5.74) is 2.56. The Balaban J connectivity index is 1.59. The molecule has 0 bridgehead atoms. The average Bonchev–Trinajstić information content (AvgIpc) is 2.72. The van der Waals surface area contributed by atoms with Crippen molar-refractivity contribution >= 4 is 10.8 Å². The van der Waals surface area contributed by atoms with Crippen LogP contribution in [0.3, 0.4) is 0 Å². The Bertz CT molecular complexity index is 1020. The molecule has 0 amide bonds. The monoisotopic (exact) mass is 400 g/mol. The standard InChI is InChI=1S/C25H24F4/c1-2-3-15-4-6-16(7-5-15)17-8-10-18(11-9-17)19-12-20-14-22(27)24(28)25(29)23(20)21(26)13-19/h8-16H,2-7H2,1H3/t15-,16-. The number of hydrogen-bond donors (Lipinski definition) is 0. The summed E-state index contributed by atoms with van der Waals surface area (Å²) in [5, 5.41) is -0.511. The predicted molar refractivity (Wildman–Crippen MR) is 109 cm³/mol. The van der Waals surface area contributed by atoms with Gasteiger partial charge in [-0.15, -0.1) is 0 Å². The van der Waals surface area contributed by atoms with Crippen molar-refractivity contribution in [2.45, 2.75) is 51.4 Å². The fourth-order valence-electron chi connectivity index (χ4n) is 4.69. The van der Waals surface area contributed by atoms with Crippen LogP contribution in [0.15, 0.2) is 42.5 Å². The summed E-state index contributed by atoms with van der Waals surface area (Å²) in [6.07, 6.45) is 7.47. The molecular weight excluding hydrogens is 376 g/mol. The van der Waals surface area contributed by atoms with E-state index in [0.717, 1.165) is 17.5 Å². The minimum absolute atomic E-state index is 0.00900. The van der Waals surface area contributed by atoms with Crippen molar-refractivity contribution in [2.75, 3.05) is 0 Å². The number of rotatable bonds is 4. The highest BCUT2D eigenvalue weighted by Crippen LogP contribution is 2.38. The Labute approximate surface area is 168 Å². The van der Waals surface area contributed by atoms with E-state index in [1.54, 1.807) is 0 Å². The zero-order valence-corrected chi connectivity index (χ0v) is 16.5. The quantitative estimate of drug-likeness (QED) is 0.306. The average molecular weight is 400 g/mol. The van der Waals surface area contributed by atoms with Crippen LogP contribution in [0.4, 0.5) is 17.6 Å². The molecule has 3 aromatic carbocycles. The largest absolute Gasteiger partial charge is 0.206 e. The van der Waals surface area contributed by atoms with Gasteiger partial charge >= 0.3 is 0 Å². The van der Waals surface area contributed by atoms with E-state index >= 15 is 0 Å². The second-order valence-electron chi connectivity index (χ2n) is 8.17. The van der Waals surface area contributed by atoms with Gasteiger partial charge in [-0.1, -0.05) is 44.0 Å².